The Bertz CT molecular complexity index is 667. The fourth-order valence-corrected chi connectivity index (χ4v) is 2.22. The molecule has 0 bridgehead atoms. The Morgan fingerprint density at radius 3 is 2.62 bits per heavy atom. The van der Waals surface area contributed by atoms with Gasteiger partial charge in [-0.05, 0) is 53.2 Å². The number of hydrogen-bond acceptors (Lipinski definition) is 4. The van der Waals surface area contributed by atoms with E-state index in [4.69, 9.17) is 9.47 Å². The number of hydrogen-bond donors (Lipinski definition) is 0. The molecule has 0 unspecified atom stereocenters. The molecule has 2 aromatic carbocycles. The van der Waals surface area contributed by atoms with Crippen molar-refractivity contribution in [1.29, 1.82) is 0 Å². The van der Waals surface area contributed by atoms with Gasteiger partial charge in [0.05, 0.1) is 22.2 Å². The zero-order valence-corrected chi connectivity index (χ0v) is 12.9. The maximum absolute atomic E-state index is 12.1. The Labute approximate surface area is 130 Å². The summed E-state index contributed by atoms with van der Waals surface area (Å²) in [5, 5.41) is 0. The molecule has 0 heterocycles. The molecule has 2 aromatic rings. The van der Waals surface area contributed by atoms with Crippen LogP contribution in [-0.4, -0.2) is 18.9 Å². The number of benzene rings is 2. The highest BCUT2D eigenvalue weighted by Gasteiger charge is 2.13. The lowest BCUT2D eigenvalue weighted by Crippen LogP contribution is -2.10. The van der Waals surface area contributed by atoms with Gasteiger partial charge >= 0.3 is 5.97 Å². The minimum atomic E-state index is -0.534. The van der Waals surface area contributed by atoms with Gasteiger partial charge in [-0.1, -0.05) is 12.1 Å². The van der Waals surface area contributed by atoms with Gasteiger partial charge in [0.25, 0.3) is 0 Å². The first-order valence-electron chi connectivity index (χ1n) is 6.34. The van der Waals surface area contributed by atoms with E-state index in [1.54, 1.807) is 42.5 Å². The zero-order valence-electron chi connectivity index (χ0n) is 11.3. The molecule has 0 fully saturated rings. The van der Waals surface area contributed by atoms with Gasteiger partial charge in [-0.15, -0.1) is 0 Å². The summed E-state index contributed by atoms with van der Waals surface area (Å²) in [6, 6.07) is 11.5. The normalized spacial score (nSPS) is 10.0. The lowest BCUT2D eigenvalue weighted by atomic mass is 10.2. The van der Waals surface area contributed by atoms with Crippen LogP contribution in [0.1, 0.15) is 27.6 Å². The van der Waals surface area contributed by atoms with Crippen LogP contribution in [0.4, 0.5) is 0 Å². The summed E-state index contributed by atoms with van der Waals surface area (Å²) in [5.41, 5.74) is 0.696. The van der Waals surface area contributed by atoms with E-state index in [2.05, 4.69) is 15.9 Å². The molecule has 0 aliphatic carbocycles. The SMILES string of the molecule is CCOc1ccc(C(=O)Oc2ccccc2C=O)cc1Br. The van der Waals surface area contributed by atoms with Gasteiger partial charge in [-0.25, -0.2) is 4.79 Å². The lowest BCUT2D eigenvalue weighted by molar-refractivity contribution is 0.0733. The number of para-hydroxylation sites is 1. The minimum absolute atomic E-state index is 0.238. The highest BCUT2D eigenvalue weighted by atomic mass is 79.9. The number of carbonyl (C=O) groups excluding carboxylic acids is 2. The Morgan fingerprint density at radius 1 is 1.19 bits per heavy atom. The molecule has 108 valence electrons. The highest BCUT2D eigenvalue weighted by Crippen LogP contribution is 2.27. The summed E-state index contributed by atoms with van der Waals surface area (Å²) in [7, 11) is 0. The van der Waals surface area contributed by atoms with Crippen molar-refractivity contribution in [3.05, 3.63) is 58.1 Å². The summed E-state index contributed by atoms with van der Waals surface area (Å²) in [5.74, 6) is 0.359. The molecule has 0 saturated carbocycles. The predicted octanol–water partition coefficient (Wildman–Crippen LogP) is 3.88. The van der Waals surface area contributed by atoms with E-state index in [0.717, 1.165) is 0 Å². The Balaban J connectivity index is 2.20. The van der Waals surface area contributed by atoms with Crippen molar-refractivity contribution < 1.29 is 19.1 Å². The second-order valence-electron chi connectivity index (χ2n) is 4.12. The third-order valence-corrected chi connectivity index (χ3v) is 3.34. The molecule has 2 rings (SSSR count). The number of carbonyl (C=O) groups is 2. The quantitative estimate of drug-likeness (QED) is 0.467. The van der Waals surface area contributed by atoms with Gasteiger partial charge in [0.2, 0.25) is 0 Å². The molecule has 4 nitrogen and oxygen atoms in total. The maximum Gasteiger partial charge on any atom is 0.343 e. The molecular weight excluding hydrogens is 336 g/mol. The molecule has 21 heavy (non-hydrogen) atoms. The number of rotatable bonds is 5. The summed E-state index contributed by atoms with van der Waals surface area (Å²) < 4.78 is 11.3. The summed E-state index contributed by atoms with van der Waals surface area (Å²) >= 11 is 3.34. The largest absolute Gasteiger partial charge is 0.493 e. The van der Waals surface area contributed by atoms with Crippen LogP contribution in [0.15, 0.2) is 46.9 Å². The van der Waals surface area contributed by atoms with E-state index in [1.165, 1.54) is 0 Å². The van der Waals surface area contributed by atoms with E-state index >= 15 is 0 Å². The molecule has 0 radical (unpaired) electrons. The second kappa shape index (κ2) is 7.04. The fraction of sp³-hybridized carbons (Fsp3) is 0.125. The molecule has 0 amide bonds. The Hall–Kier alpha value is -2.14. The fourth-order valence-electron chi connectivity index (χ4n) is 1.73. The van der Waals surface area contributed by atoms with Crippen molar-refractivity contribution in [3.63, 3.8) is 0 Å². The smallest absolute Gasteiger partial charge is 0.343 e. The highest BCUT2D eigenvalue weighted by molar-refractivity contribution is 9.10. The van der Waals surface area contributed by atoms with Crippen LogP contribution in [0.2, 0.25) is 0 Å². The summed E-state index contributed by atoms with van der Waals surface area (Å²) in [6.07, 6.45) is 0.650. The molecule has 0 aliphatic rings. The molecule has 0 saturated heterocycles. The first-order chi connectivity index (χ1) is 10.2. The third kappa shape index (κ3) is 3.70. The second-order valence-corrected chi connectivity index (χ2v) is 4.98. The number of halogens is 1. The van der Waals surface area contributed by atoms with Crippen molar-refractivity contribution in [3.8, 4) is 11.5 Å². The summed E-state index contributed by atoms with van der Waals surface area (Å²) in [6.45, 7) is 2.42. The molecule has 5 heteroatoms. The van der Waals surface area contributed by atoms with Gasteiger partial charge in [0.1, 0.15) is 11.5 Å². The van der Waals surface area contributed by atoms with E-state index in [-0.39, 0.29) is 5.75 Å². The van der Waals surface area contributed by atoms with Gasteiger partial charge in [0.15, 0.2) is 6.29 Å². The van der Waals surface area contributed by atoms with E-state index in [0.29, 0.717) is 34.2 Å². The number of esters is 1. The van der Waals surface area contributed by atoms with Crippen LogP contribution in [-0.2, 0) is 0 Å². The molecular formula is C16H13BrO4. The molecule has 0 spiro atoms. The molecule has 0 atom stereocenters. The molecule has 0 N–H and O–H groups in total. The maximum atomic E-state index is 12.1. The monoisotopic (exact) mass is 348 g/mol. The van der Waals surface area contributed by atoms with Crippen LogP contribution in [0.25, 0.3) is 0 Å². The van der Waals surface area contributed by atoms with Crippen LogP contribution in [0.5, 0.6) is 11.5 Å². The van der Waals surface area contributed by atoms with Crippen LogP contribution in [0, 0.1) is 0 Å². The van der Waals surface area contributed by atoms with Crippen LogP contribution >= 0.6 is 15.9 Å². The van der Waals surface area contributed by atoms with Gasteiger partial charge in [-0.3, -0.25) is 4.79 Å². The van der Waals surface area contributed by atoms with E-state index in [1.807, 2.05) is 6.92 Å². The third-order valence-electron chi connectivity index (χ3n) is 2.72. The average molecular weight is 349 g/mol. The van der Waals surface area contributed by atoms with Crippen molar-refractivity contribution >= 4 is 28.2 Å². The van der Waals surface area contributed by atoms with Gasteiger partial charge < -0.3 is 9.47 Å². The van der Waals surface area contributed by atoms with Crippen molar-refractivity contribution in [2.45, 2.75) is 6.92 Å². The standard InChI is InChI=1S/C16H13BrO4/c1-2-20-15-8-7-11(9-13(15)17)16(19)21-14-6-4-3-5-12(14)10-18/h3-10H,2H2,1H3. The number of aldehydes is 1. The van der Waals surface area contributed by atoms with E-state index < -0.39 is 5.97 Å². The van der Waals surface area contributed by atoms with Crippen LogP contribution < -0.4 is 9.47 Å². The molecule has 0 aromatic heterocycles. The van der Waals surface area contributed by atoms with Gasteiger partial charge in [0, 0.05) is 0 Å². The van der Waals surface area contributed by atoms with Crippen molar-refractivity contribution in [1.82, 2.24) is 0 Å². The first-order valence-corrected chi connectivity index (χ1v) is 7.13. The van der Waals surface area contributed by atoms with Crippen molar-refractivity contribution in [2.24, 2.45) is 0 Å². The average Bonchev–Trinajstić information content (AvgIpc) is 2.50. The zero-order chi connectivity index (χ0) is 15.2. The van der Waals surface area contributed by atoms with E-state index in [9.17, 15) is 9.59 Å². The molecule has 0 aliphatic heterocycles. The topological polar surface area (TPSA) is 52.6 Å². The first kappa shape index (κ1) is 15.3. The van der Waals surface area contributed by atoms with Crippen LogP contribution in [0.3, 0.4) is 0 Å². The van der Waals surface area contributed by atoms with Crippen molar-refractivity contribution in [2.75, 3.05) is 6.61 Å². The van der Waals surface area contributed by atoms with Gasteiger partial charge in [-0.2, -0.15) is 0 Å². The predicted molar refractivity (Wildman–Crippen MR) is 82.1 cm³/mol. The summed E-state index contributed by atoms with van der Waals surface area (Å²) in [4.78, 5) is 23.0. The number of ether oxygens (including phenoxy) is 2. The lowest BCUT2D eigenvalue weighted by Gasteiger charge is -2.09. The Morgan fingerprint density at radius 2 is 1.95 bits per heavy atom. The Kier molecular flexibility index (Phi) is 5.11. The minimum Gasteiger partial charge on any atom is -0.493 e.